The van der Waals surface area contributed by atoms with Crippen LogP contribution in [0.15, 0.2) is 18.7 Å². The van der Waals surface area contributed by atoms with Crippen molar-refractivity contribution < 1.29 is 4.79 Å². The van der Waals surface area contributed by atoms with Crippen molar-refractivity contribution in [3.8, 4) is 0 Å². The van der Waals surface area contributed by atoms with Crippen LogP contribution in [0.3, 0.4) is 0 Å². The molecule has 2 atom stereocenters. The third kappa shape index (κ3) is 2.85. The molecule has 29 heavy (non-hydrogen) atoms. The van der Waals surface area contributed by atoms with E-state index < -0.39 is 0 Å². The molecule has 2 aromatic heterocycles. The van der Waals surface area contributed by atoms with E-state index in [1.165, 1.54) is 5.69 Å². The molecule has 0 bridgehead atoms. The lowest BCUT2D eigenvalue weighted by Crippen LogP contribution is -2.56. The van der Waals surface area contributed by atoms with Gasteiger partial charge < -0.3 is 14.0 Å². The van der Waals surface area contributed by atoms with Crippen LogP contribution in [0.4, 0.5) is 0 Å². The lowest BCUT2D eigenvalue weighted by molar-refractivity contribution is -0.141. The largest absolute Gasteiger partial charge is 0.337 e. The Morgan fingerprint density at radius 1 is 1.28 bits per heavy atom. The molecule has 0 aromatic carbocycles. The van der Waals surface area contributed by atoms with Gasteiger partial charge in [-0.05, 0) is 25.2 Å². The molecule has 1 aliphatic carbocycles. The van der Waals surface area contributed by atoms with E-state index in [1.54, 1.807) is 0 Å². The van der Waals surface area contributed by atoms with Crippen molar-refractivity contribution in [1.29, 1.82) is 0 Å². The summed E-state index contributed by atoms with van der Waals surface area (Å²) in [6, 6.07) is 0. The average molecular weight is 397 g/mol. The number of nitrogens with zero attached hydrogens (tertiary/aromatic N) is 6. The second kappa shape index (κ2) is 6.42. The molecule has 1 saturated carbocycles. The van der Waals surface area contributed by atoms with Gasteiger partial charge in [-0.15, -0.1) is 0 Å². The molecule has 3 aliphatic rings. The molecule has 156 valence electrons. The van der Waals surface area contributed by atoms with Crippen molar-refractivity contribution in [1.82, 2.24) is 28.9 Å². The highest BCUT2D eigenvalue weighted by molar-refractivity contribution is 5.83. The van der Waals surface area contributed by atoms with E-state index in [1.807, 2.05) is 18.7 Å². The highest BCUT2D eigenvalue weighted by Gasteiger charge is 2.58. The SMILES string of the molecule is CCn1ccnc1CN1CCC2(C1)c1ncn(C)c1CCN2C(=O)C1CC1(C)C. The zero-order chi connectivity index (χ0) is 20.4. The average Bonchev–Trinajstić information content (AvgIpc) is 3.12. The van der Waals surface area contributed by atoms with Gasteiger partial charge in [0.25, 0.3) is 0 Å². The van der Waals surface area contributed by atoms with Crippen LogP contribution in [0.2, 0.25) is 0 Å². The summed E-state index contributed by atoms with van der Waals surface area (Å²) in [5, 5.41) is 0. The summed E-state index contributed by atoms with van der Waals surface area (Å²) in [5.41, 5.74) is 2.27. The van der Waals surface area contributed by atoms with E-state index in [2.05, 4.69) is 51.7 Å². The first-order valence-corrected chi connectivity index (χ1v) is 10.9. The third-order valence-electron chi connectivity index (χ3n) is 7.50. The number of imidazole rings is 2. The number of hydrogen-bond acceptors (Lipinski definition) is 4. The first-order valence-electron chi connectivity index (χ1n) is 10.9. The van der Waals surface area contributed by atoms with E-state index >= 15 is 0 Å². The van der Waals surface area contributed by atoms with Crippen LogP contribution in [0, 0.1) is 11.3 Å². The molecule has 4 heterocycles. The summed E-state index contributed by atoms with van der Waals surface area (Å²) in [6.07, 6.45) is 8.70. The maximum Gasteiger partial charge on any atom is 0.227 e. The van der Waals surface area contributed by atoms with E-state index in [0.29, 0.717) is 5.91 Å². The van der Waals surface area contributed by atoms with E-state index in [-0.39, 0.29) is 16.9 Å². The number of rotatable bonds is 4. The Kier molecular flexibility index (Phi) is 4.18. The minimum absolute atomic E-state index is 0.146. The van der Waals surface area contributed by atoms with Crippen LogP contribution in [-0.2, 0) is 36.9 Å². The molecule has 0 N–H and O–H groups in total. The fourth-order valence-corrected chi connectivity index (χ4v) is 5.50. The quantitative estimate of drug-likeness (QED) is 0.795. The van der Waals surface area contributed by atoms with Gasteiger partial charge in [-0.25, -0.2) is 9.97 Å². The molecule has 5 rings (SSSR count). The van der Waals surface area contributed by atoms with Crippen molar-refractivity contribution in [2.75, 3.05) is 19.6 Å². The normalized spacial score (nSPS) is 28.1. The summed E-state index contributed by atoms with van der Waals surface area (Å²) in [4.78, 5) is 27.6. The topological polar surface area (TPSA) is 59.2 Å². The Balaban J connectivity index is 1.46. The van der Waals surface area contributed by atoms with Gasteiger partial charge in [0.1, 0.15) is 11.4 Å². The van der Waals surface area contributed by atoms with Crippen molar-refractivity contribution in [3.63, 3.8) is 0 Å². The van der Waals surface area contributed by atoms with Gasteiger partial charge in [-0.1, -0.05) is 13.8 Å². The van der Waals surface area contributed by atoms with Crippen LogP contribution in [0.25, 0.3) is 0 Å². The fraction of sp³-hybridized carbons (Fsp3) is 0.682. The monoisotopic (exact) mass is 396 g/mol. The molecule has 1 amide bonds. The first-order chi connectivity index (χ1) is 13.9. The van der Waals surface area contributed by atoms with Crippen molar-refractivity contribution in [2.45, 2.75) is 58.7 Å². The number of amides is 1. The highest BCUT2D eigenvalue weighted by atomic mass is 16.2. The van der Waals surface area contributed by atoms with Gasteiger partial charge in [0, 0.05) is 63.7 Å². The first kappa shape index (κ1) is 18.9. The summed E-state index contributed by atoms with van der Waals surface area (Å²) in [6.45, 7) is 10.9. The summed E-state index contributed by atoms with van der Waals surface area (Å²) < 4.78 is 4.35. The Morgan fingerprint density at radius 2 is 2.07 bits per heavy atom. The van der Waals surface area contributed by atoms with Crippen LogP contribution in [0.5, 0.6) is 0 Å². The number of hydrogen-bond donors (Lipinski definition) is 0. The van der Waals surface area contributed by atoms with Crippen LogP contribution < -0.4 is 0 Å². The van der Waals surface area contributed by atoms with Gasteiger partial charge in [-0.2, -0.15) is 0 Å². The smallest absolute Gasteiger partial charge is 0.227 e. The molecule has 0 radical (unpaired) electrons. The molecule has 2 fully saturated rings. The van der Waals surface area contributed by atoms with Gasteiger partial charge in [0.15, 0.2) is 0 Å². The highest BCUT2D eigenvalue weighted by Crippen LogP contribution is 2.54. The lowest BCUT2D eigenvalue weighted by atomic mass is 9.85. The van der Waals surface area contributed by atoms with E-state index in [4.69, 9.17) is 4.98 Å². The molecule has 2 aromatic rings. The molecule has 2 aliphatic heterocycles. The van der Waals surface area contributed by atoms with Gasteiger partial charge in [0.05, 0.1) is 18.6 Å². The number of aromatic nitrogens is 4. The summed E-state index contributed by atoms with van der Waals surface area (Å²) in [7, 11) is 2.08. The zero-order valence-corrected chi connectivity index (χ0v) is 18.1. The minimum Gasteiger partial charge on any atom is -0.337 e. The minimum atomic E-state index is -0.297. The van der Waals surface area contributed by atoms with Gasteiger partial charge in [0.2, 0.25) is 5.91 Å². The number of carbonyl (C=O) groups excluding carboxylic acids is 1. The van der Waals surface area contributed by atoms with E-state index in [9.17, 15) is 4.79 Å². The molecular weight excluding hydrogens is 364 g/mol. The Labute approximate surface area is 172 Å². The molecule has 1 spiro atoms. The number of aryl methyl sites for hydroxylation is 2. The zero-order valence-electron chi connectivity index (χ0n) is 18.1. The second-order valence-corrected chi connectivity index (χ2v) is 9.76. The van der Waals surface area contributed by atoms with Crippen molar-refractivity contribution in [3.05, 3.63) is 35.9 Å². The predicted octanol–water partition coefficient (Wildman–Crippen LogP) is 2.17. The fourth-order valence-electron chi connectivity index (χ4n) is 5.50. The standard InChI is InChI=1S/C22H32N6O/c1-5-27-11-8-23-18(27)13-26-10-7-22(14-26)19-17(25(4)15-24-19)6-9-28(22)20(29)16-12-21(16,2)3/h8,11,15-16H,5-7,9-10,12-14H2,1-4H3. The number of likely N-dealkylation sites (tertiary alicyclic amines) is 1. The van der Waals surface area contributed by atoms with Crippen LogP contribution in [0.1, 0.15) is 50.8 Å². The second-order valence-electron chi connectivity index (χ2n) is 9.76. The van der Waals surface area contributed by atoms with Gasteiger partial charge in [-0.3, -0.25) is 9.69 Å². The Bertz CT molecular complexity index is 943. The summed E-state index contributed by atoms with van der Waals surface area (Å²) in [5.74, 6) is 1.60. The maximum absolute atomic E-state index is 13.5. The Morgan fingerprint density at radius 3 is 2.79 bits per heavy atom. The molecular formula is C22H32N6O. The molecule has 2 unspecified atom stereocenters. The molecule has 1 saturated heterocycles. The number of fused-ring (bicyclic) bond motifs is 2. The maximum atomic E-state index is 13.5. The lowest BCUT2D eigenvalue weighted by Gasteiger charge is -2.44. The molecule has 7 nitrogen and oxygen atoms in total. The Hall–Kier alpha value is -2.15. The molecule has 7 heteroatoms. The van der Waals surface area contributed by atoms with Crippen LogP contribution in [-0.4, -0.2) is 54.4 Å². The van der Waals surface area contributed by atoms with Crippen molar-refractivity contribution >= 4 is 5.91 Å². The van der Waals surface area contributed by atoms with E-state index in [0.717, 1.165) is 63.5 Å². The predicted molar refractivity (Wildman–Crippen MR) is 110 cm³/mol. The third-order valence-corrected chi connectivity index (χ3v) is 7.50. The van der Waals surface area contributed by atoms with Crippen LogP contribution >= 0.6 is 0 Å². The number of carbonyl (C=O) groups is 1. The van der Waals surface area contributed by atoms with Gasteiger partial charge >= 0.3 is 0 Å². The summed E-state index contributed by atoms with van der Waals surface area (Å²) >= 11 is 0. The van der Waals surface area contributed by atoms with Crippen molar-refractivity contribution in [2.24, 2.45) is 18.4 Å².